The second-order valence-corrected chi connectivity index (χ2v) is 20.9. The molecule has 0 heterocycles. The highest BCUT2D eigenvalue weighted by Crippen LogP contribution is 2.16. The maximum Gasteiger partial charge on any atom is 0.306 e. The zero-order valence-electron chi connectivity index (χ0n) is 48.4. The SMILES string of the molecule is CC/C=C\C/C=C\C/C=C\C/C=C\C/C=C\CCCCCCCCCCCCCCCCCC(=O)OCC(COC(=O)CCCCCCCCCC)OC(=O)CCCCCCC/C=C\CCCCCCCCC. The summed E-state index contributed by atoms with van der Waals surface area (Å²) in [7, 11) is 0. The molecule has 6 nitrogen and oxygen atoms in total. The van der Waals surface area contributed by atoms with Gasteiger partial charge < -0.3 is 14.2 Å². The summed E-state index contributed by atoms with van der Waals surface area (Å²) in [5, 5.41) is 0. The van der Waals surface area contributed by atoms with Gasteiger partial charge in [-0.1, -0.05) is 280 Å². The monoisotopic (exact) mass is 1020 g/mol. The minimum absolute atomic E-state index is 0.0746. The van der Waals surface area contributed by atoms with Crippen LogP contribution in [0, 0.1) is 0 Å². The molecule has 0 aromatic carbocycles. The molecule has 0 rings (SSSR count). The molecule has 0 spiro atoms. The Kier molecular flexibility index (Phi) is 58.7. The van der Waals surface area contributed by atoms with E-state index in [-0.39, 0.29) is 31.1 Å². The molecule has 0 amide bonds. The first kappa shape index (κ1) is 69.8. The summed E-state index contributed by atoms with van der Waals surface area (Å²) in [6.45, 7) is 6.52. The van der Waals surface area contributed by atoms with Crippen LogP contribution in [0.4, 0.5) is 0 Å². The molecule has 1 unspecified atom stereocenters. The third-order valence-corrected chi connectivity index (χ3v) is 13.7. The lowest BCUT2D eigenvalue weighted by Crippen LogP contribution is -2.30. The van der Waals surface area contributed by atoms with Gasteiger partial charge in [0, 0.05) is 19.3 Å². The Bertz CT molecular complexity index is 1360. The fourth-order valence-corrected chi connectivity index (χ4v) is 9.00. The van der Waals surface area contributed by atoms with Gasteiger partial charge in [-0.15, -0.1) is 0 Å². The summed E-state index contributed by atoms with van der Waals surface area (Å²) < 4.78 is 16.8. The van der Waals surface area contributed by atoms with Crippen molar-refractivity contribution in [2.75, 3.05) is 13.2 Å². The molecule has 0 aromatic rings. The Morgan fingerprint density at radius 1 is 0.288 bits per heavy atom. The summed E-state index contributed by atoms with van der Waals surface area (Å²) in [6, 6.07) is 0. The van der Waals surface area contributed by atoms with Gasteiger partial charge in [0.25, 0.3) is 0 Å². The van der Waals surface area contributed by atoms with Gasteiger partial charge in [0.1, 0.15) is 13.2 Å². The van der Waals surface area contributed by atoms with Crippen molar-refractivity contribution < 1.29 is 28.6 Å². The molecule has 0 N–H and O–H groups in total. The molecule has 1 atom stereocenters. The van der Waals surface area contributed by atoms with E-state index in [9.17, 15) is 14.4 Å². The minimum atomic E-state index is -0.775. The number of ether oxygens (including phenoxy) is 3. The van der Waals surface area contributed by atoms with Crippen LogP contribution in [0.1, 0.15) is 316 Å². The van der Waals surface area contributed by atoms with Crippen LogP contribution in [0.25, 0.3) is 0 Å². The predicted octanol–water partition coefficient (Wildman–Crippen LogP) is 21.3. The van der Waals surface area contributed by atoms with Crippen LogP contribution in [-0.2, 0) is 28.6 Å². The van der Waals surface area contributed by atoms with Crippen molar-refractivity contribution >= 4 is 17.9 Å². The molecule has 0 bridgehead atoms. The smallest absolute Gasteiger partial charge is 0.306 e. The normalized spacial score (nSPS) is 12.5. The highest BCUT2D eigenvalue weighted by atomic mass is 16.6. The number of allylic oxidation sites excluding steroid dienone is 12. The molecule has 6 heteroatoms. The lowest BCUT2D eigenvalue weighted by atomic mass is 10.0. The topological polar surface area (TPSA) is 78.9 Å². The van der Waals surface area contributed by atoms with Crippen molar-refractivity contribution in [3.8, 4) is 0 Å². The first-order chi connectivity index (χ1) is 36.0. The number of esters is 3. The van der Waals surface area contributed by atoms with Crippen molar-refractivity contribution in [1.29, 1.82) is 0 Å². The van der Waals surface area contributed by atoms with Gasteiger partial charge in [0.05, 0.1) is 0 Å². The van der Waals surface area contributed by atoms with Gasteiger partial charge in [-0.05, 0) is 89.9 Å². The fraction of sp³-hybridized carbons (Fsp3) is 0.776. The highest BCUT2D eigenvalue weighted by molar-refractivity contribution is 5.71. The number of hydrogen-bond acceptors (Lipinski definition) is 6. The zero-order chi connectivity index (χ0) is 52.9. The van der Waals surface area contributed by atoms with E-state index >= 15 is 0 Å². The van der Waals surface area contributed by atoms with E-state index in [0.29, 0.717) is 19.3 Å². The molecule has 422 valence electrons. The maximum absolute atomic E-state index is 12.8. The van der Waals surface area contributed by atoms with E-state index in [2.05, 4.69) is 93.7 Å². The molecule has 0 aliphatic heterocycles. The molecular formula is C67H118O6. The highest BCUT2D eigenvalue weighted by Gasteiger charge is 2.19. The molecule has 73 heavy (non-hydrogen) atoms. The van der Waals surface area contributed by atoms with Crippen molar-refractivity contribution in [3.63, 3.8) is 0 Å². The van der Waals surface area contributed by atoms with Crippen LogP contribution >= 0.6 is 0 Å². The summed E-state index contributed by atoms with van der Waals surface area (Å²) in [4.78, 5) is 38.1. The van der Waals surface area contributed by atoms with Gasteiger partial charge in [-0.3, -0.25) is 14.4 Å². The van der Waals surface area contributed by atoms with Gasteiger partial charge in [0.2, 0.25) is 0 Å². The Balaban J connectivity index is 4.09. The number of hydrogen-bond donors (Lipinski definition) is 0. The Morgan fingerprint density at radius 3 is 0.849 bits per heavy atom. The first-order valence-corrected chi connectivity index (χ1v) is 31.4. The maximum atomic E-state index is 12.8. The zero-order valence-corrected chi connectivity index (χ0v) is 48.4. The third-order valence-electron chi connectivity index (χ3n) is 13.7. The fourth-order valence-electron chi connectivity index (χ4n) is 9.00. The van der Waals surface area contributed by atoms with Gasteiger partial charge in [-0.25, -0.2) is 0 Å². The van der Waals surface area contributed by atoms with Gasteiger partial charge in [-0.2, -0.15) is 0 Å². The largest absolute Gasteiger partial charge is 0.462 e. The van der Waals surface area contributed by atoms with Crippen LogP contribution in [0.2, 0.25) is 0 Å². The minimum Gasteiger partial charge on any atom is -0.462 e. The average molecular weight is 1020 g/mol. The van der Waals surface area contributed by atoms with Crippen molar-refractivity contribution in [1.82, 2.24) is 0 Å². The van der Waals surface area contributed by atoms with Crippen LogP contribution in [0.3, 0.4) is 0 Å². The number of unbranched alkanes of at least 4 members (excludes halogenated alkanes) is 34. The Labute approximate surface area is 453 Å². The van der Waals surface area contributed by atoms with E-state index in [1.165, 1.54) is 180 Å². The van der Waals surface area contributed by atoms with Crippen molar-refractivity contribution in [3.05, 3.63) is 72.9 Å². The number of carbonyl (C=O) groups excluding carboxylic acids is 3. The summed E-state index contributed by atoms with van der Waals surface area (Å²) in [5.41, 5.74) is 0. The number of rotatable bonds is 57. The van der Waals surface area contributed by atoms with E-state index in [0.717, 1.165) is 96.3 Å². The lowest BCUT2D eigenvalue weighted by molar-refractivity contribution is -0.167. The molecule has 0 saturated heterocycles. The average Bonchev–Trinajstić information content (AvgIpc) is 3.39. The summed E-state index contributed by atoms with van der Waals surface area (Å²) in [5.74, 6) is -0.875. The molecular weight excluding hydrogens is 901 g/mol. The molecule has 0 fully saturated rings. The second kappa shape index (κ2) is 61.4. The molecule has 0 saturated carbocycles. The summed E-state index contributed by atoms with van der Waals surface area (Å²) in [6.07, 6.45) is 79.3. The van der Waals surface area contributed by atoms with Crippen molar-refractivity contribution in [2.45, 2.75) is 322 Å². The van der Waals surface area contributed by atoms with Crippen LogP contribution in [-0.4, -0.2) is 37.2 Å². The summed E-state index contributed by atoms with van der Waals surface area (Å²) >= 11 is 0. The predicted molar refractivity (Wildman–Crippen MR) is 316 cm³/mol. The second-order valence-electron chi connectivity index (χ2n) is 20.9. The van der Waals surface area contributed by atoms with E-state index in [1.807, 2.05) is 0 Å². The van der Waals surface area contributed by atoms with E-state index < -0.39 is 6.10 Å². The van der Waals surface area contributed by atoms with E-state index in [4.69, 9.17) is 14.2 Å². The number of carbonyl (C=O) groups is 3. The first-order valence-electron chi connectivity index (χ1n) is 31.4. The van der Waals surface area contributed by atoms with Crippen LogP contribution in [0.5, 0.6) is 0 Å². The molecule has 0 aliphatic carbocycles. The van der Waals surface area contributed by atoms with Crippen molar-refractivity contribution in [2.24, 2.45) is 0 Å². The lowest BCUT2D eigenvalue weighted by Gasteiger charge is -2.18. The quantitative estimate of drug-likeness (QED) is 0.0261. The van der Waals surface area contributed by atoms with Gasteiger partial charge >= 0.3 is 17.9 Å². The van der Waals surface area contributed by atoms with Crippen LogP contribution in [0.15, 0.2) is 72.9 Å². The van der Waals surface area contributed by atoms with Gasteiger partial charge in [0.15, 0.2) is 6.10 Å². The molecule has 0 aromatic heterocycles. The Hall–Kier alpha value is -3.15. The third kappa shape index (κ3) is 59.6. The van der Waals surface area contributed by atoms with Crippen LogP contribution < -0.4 is 0 Å². The van der Waals surface area contributed by atoms with E-state index in [1.54, 1.807) is 0 Å². The molecule has 0 aliphatic rings. The molecule has 0 radical (unpaired) electrons. The Morgan fingerprint density at radius 2 is 0.534 bits per heavy atom. The standard InChI is InChI=1S/C67H118O6/c1-4-7-10-13-16-19-21-23-25-27-28-29-30-31-32-33-34-35-36-37-38-39-40-41-43-44-46-48-51-54-57-60-66(69)72-63-64(62-71-65(68)59-56-53-50-18-15-12-9-6-3)73-67(70)61-58-55-52-49-47-45-42-26-24-22-20-17-14-11-8-5-2/h7,10,16,19,23,25-26,28-29,31-32,42,64H,4-6,8-9,11-15,17-18,20-22,24,27,30,33-41,43-63H2,1-3H3/b10-7-,19-16-,25-23-,29-28-,32-31-,42-26-.